The Morgan fingerprint density at radius 1 is 1.41 bits per heavy atom. The number of aryl methyl sites for hydroxylation is 1. The Labute approximate surface area is 127 Å². The first-order valence-electron chi connectivity index (χ1n) is 7.33. The third-order valence-corrected chi connectivity index (χ3v) is 3.96. The van der Waals surface area contributed by atoms with Crippen molar-refractivity contribution >= 4 is 10.9 Å². The first-order chi connectivity index (χ1) is 10.8. The largest absolute Gasteiger partial charge is 0.378 e. The van der Waals surface area contributed by atoms with Gasteiger partial charge in [-0.3, -0.25) is 10.00 Å². The molecule has 3 heterocycles. The number of nitrogens with one attached hydrogen (secondary N) is 1. The quantitative estimate of drug-likeness (QED) is 0.794. The summed E-state index contributed by atoms with van der Waals surface area (Å²) < 4.78 is 10.9. The number of benzene rings is 1. The lowest BCUT2D eigenvalue weighted by molar-refractivity contribution is -0.0240. The number of H-pyrrole nitrogens is 1. The predicted octanol–water partition coefficient (Wildman–Crippen LogP) is 1.83. The zero-order valence-electron chi connectivity index (χ0n) is 12.3. The van der Waals surface area contributed by atoms with Crippen LogP contribution in [0.1, 0.15) is 23.3 Å². The van der Waals surface area contributed by atoms with E-state index < -0.39 is 0 Å². The lowest BCUT2D eigenvalue weighted by Gasteiger charge is -2.33. The monoisotopic (exact) mass is 299 g/mol. The van der Waals surface area contributed by atoms with Crippen molar-refractivity contribution in [3.05, 3.63) is 41.7 Å². The molecule has 1 saturated heterocycles. The zero-order valence-corrected chi connectivity index (χ0v) is 12.3. The molecule has 0 aliphatic carbocycles. The van der Waals surface area contributed by atoms with Crippen LogP contribution in [0.3, 0.4) is 0 Å². The molecule has 7 heteroatoms. The summed E-state index contributed by atoms with van der Waals surface area (Å²) in [6.45, 7) is 4.77. The van der Waals surface area contributed by atoms with E-state index in [0.29, 0.717) is 18.3 Å². The van der Waals surface area contributed by atoms with Gasteiger partial charge in [0.05, 0.1) is 24.9 Å². The maximum atomic E-state index is 5.59. The lowest BCUT2D eigenvalue weighted by Crippen LogP contribution is -2.39. The molecule has 1 aliphatic heterocycles. The number of ether oxygens (including phenoxy) is 1. The van der Waals surface area contributed by atoms with Gasteiger partial charge in [0, 0.05) is 18.5 Å². The van der Waals surface area contributed by atoms with Crippen molar-refractivity contribution in [1.29, 1.82) is 0 Å². The van der Waals surface area contributed by atoms with Gasteiger partial charge in [0.2, 0.25) is 5.89 Å². The molecule has 1 N–H and O–H groups in total. The summed E-state index contributed by atoms with van der Waals surface area (Å²) in [5.74, 6) is 1.28. The van der Waals surface area contributed by atoms with Crippen LogP contribution < -0.4 is 0 Å². The van der Waals surface area contributed by atoms with E-state index in [0.717, 1.165) is 30.6 Å². The van der Waals surface area contributed by atoms with Crippen LogP contribution in [0.15, 0.2) is 28.9 Å². The molecule has 1 atom stereocenters. The lowest BCUT2D eigenvalue weighted by atomic mass is 10.1. The van der Waals surface area contributed by atoms with Crippen molar-refractivity contribution < 1.29 is 9.26 Å². The molecule has 1 unspecified atom stereocenters. The van der Waals surface area contributed by atoms with Crippen LogP contribution in [0, 0.1) is 6.92 Å². The maximum Gasteiger partial charge on any atom is 0.246 e. The SMILES string of the molecule is Cc1noc(C2COCCN2Cc2ccc3cn[nH]c3c2)n1. The van der Waals surface area contributed by atoms with Gasteiger partial charge >= 0.3 is 0 Å². The van der Waals surface area contributed by atoms with Crippen LogP contribution in [0.2, 0.25) is 0 Å². The molecule has 2 aromatic heterocycles. The van der Waals surface area contributed by atoms with Gasteiger partial charge in [-0.25, -0.2) is 0 Å². The van der Waals surface area contributed by atoms with Gasteiger partial charge in [-0.2, -0.15) is 10.1 Å². The molecule has 0 bridgehead atoms. The number of hydrogen-bond acceptors (Lipinski definition) is 6. The summed E-state index contributed by atoms with van der Waals surface area (Å²) in [6, 6.07) is 6.35. The molecule has 1 fully saturated rings. The zero-order chi connectivity index (χ0) is 14.9. The Kier molecular flexibility index (Phi) is 3.36. The average molecular weight is 299 g/mol. The Hall–Kier alpha value is -2.25. The normalized spacial score (nSPS) is 19.8. The van der Waals surface area contributed by atoms with Crippen molar-refractivity contribution in [3.63, 3.8) is 0 Å². The molecular weight excluding hydrogens is 282 g/mol. The highest BCUT2D eigenvalue weighted by Crippen LogP contribution is 2.25. The molecule has 4 rings (SSSR count). The standard InChI is InChI=1S/C15H17N5O2/c1-10-17-15(22-19-10)14-9-21-5-4-20(14)8-11-2-3-12-7-16-18-13(12)6-11/h2-3,6-7,14H,4-5,8-9H2,1H3,(H,16,18). The summed E-state index contributed by atoms with van der Waals surface area (Å²) in [5, 5.41) is 12.1. The number of fused-ring (bicyclic) bond motifs is 1. The third kappa shape index (κ3) is 2.49. The molecule has 7 nitrogen and oxygen atoms in total. The molecule has 0 radical (unpaired) electrons. The number of aromatic nitrogens is 4. The number of rotatable bonds is 3. The fraction of sp³-hybridized carbons (Fsp3) is 0.400. The van der Waals surface area contributed by atoms with Gasteiger partial charge in [0.1, 0.15) is 6.04 Å². The summed E-state index contributed by atoms with van der Waals surface area (Å²) in [7, 11) is 0. The molecule has 114 valence electrons. The van der Waals surface area contributed by atoms with Gasteiger partial charge in [-0.15, -0.1) is 0 Å². The number of aromatic amines is 1. The van der Waals surface area contributed by atoms with E-state index in [-0.39, 0.29) is 6.04 Å². The number of hydrogen-bond donors (Lipinski definition) is 1. The van der Waals surface area contributed by atoms with Crippen molar-refractivity contribution in [1.82, 2.24) is 25.2 Å². The second-order valence-electron chi connectivity index (χ2n) is 5.53. The van der Waals surface area contributed by atoms with E-state index in [2.05, 4.69) is 43.4 Å². The van der Waals surface area contributed by atoms with Crippen molar-refractivity contribution in [2.75, 3.05) is 19.8 Å². The van der Waals surface area contributed by atoms with E-state index in [9.17, 15) is 0 Å². The Morgan fingerprint density at radius 3 is 3.23 bits per heavy atom. The Balaban J connectivity index is 1.58. The average Bonchev–Trinajstić information content (AvgIpc) is 3.16. The van der Waals surface area contributed by atoms with Crippen LogP contribution >= 0.6 is 0 Å². The molecule has 3 aromatic rings. The van der Waals surface area contributed by atoms with E-state index in [1.54, 1.807) is 0 Å². The molecule has 0 spiro atoms. The smallest absolute Gasteiger partial charge is 0.246 e. The fourth-order valence-electron chi connectivity index (χ4n) is 2.82. The highest BCUT2D eigenvalue weighted by Gasteiger charge is 2.29. The van der Waals surface area contributed by atoms with Gasteiger partial charge < -0.3 is 9.26 Å². The topological polar surface area (TPSA) is 80.1 Å². The molecular formula is C15H17N5O2. The highest BCUT2D eigenvalue weighted by atomic mass is 16.5. The van der Waals surface area contributed by atoms with Gasteiger partial charge in [-0.05, 0) is 18.6 Å². The molecule has 22 heavy (non-hydrogen) atoms. The fourth-order valence-corrected chi connectivity index (χ4v) is 2.82. The van der Waals surface area contributed by atoms with Crippen LogP contribution in [0.25, 0.3) is 10.9 Å². The minimum atomic E-state index is 0.00686. The minimum Gasteiger partial charge on any atom is -0.378 e. The highest BCUT2D eigenvalue weighted by molar-refractivity contribution is 5.78. The maximum absolute atomic E-state index is 5.59. The van der Waals surface area contributed by atoms with Crippen molar-refractivity contribution in [2.45, 2.75) is 19.5 Å². The van der Waals surface area contributed by atoms with Crippen molar-refractivity contribution in [2.24, 2.45) is 0 Å². The van der Waals surface area contributed by atoms with Gasteiger partial charge in [0.25, 0.3) is 0 Å². The van der Waals surface area contributed by atoms with Crippen LogP contribution in [0.4, 0.5) is 0 Å². The van der Waals surface area contributed by atoms with E-state index in [1.165, 1.54) is 5.56 Å². The predicted molar refractivity (Wildman–Crippen MR) is 79.1 cm³/mol. The van der Waals surface area contributed by atoms with Crippen LogP contribution in [-0.2, 0) is 11.3 Å². The minimum absolute atomic E-state index is 0.00686. The van der Waals surface area contributed by atoms with Gasteiger partial charge in [0.15, 0.2) is 5.82 Å². The van der Waals surface area contributed by atoms with Gasteiger partial charge in [-0.1, -0.05) is 17.3 Å². The summed E-state index contributed by atoms with van der Waals surface area (Å²) >= 11 is 0. The van der Waals surface area contributed by atoms with E-state index >= 15 is 0 Å². The Bertz CT molecular complexity index is 781. The number of nitrogens with zero attached hydrogens (tertiary/aromatic N) is 4. The molecule has 0 saturated carbocycles. The molecule has 1 aliphatic rings. The third-order valence-electron chi connectivity index (χ3n) is 3.96. The summed E-state index contributed by atoms with van der Waals surface area (Å²) in [4.78, 5) is 6.67. The van der Waals surface area contributed by atoms with Crippen LogP contribution in [0.5, 0.6) is 0 Å². The first-order valence-corrected chi connectivity index (χ1v) is 7.33. The van der Waals surface area contributed by atoms with E-state index in [1.807, 2.05) is 13.1 Å². The summed E-state index contributed by atoms with van der Waals surface area (Å²) in [6.07, 6.45) is 1.83. The summed E-state index contributed by atoms with van der Waals surface area (Å²) in [5.41, 5.74) is 2.27. The molecule has 0 amide bonds. The second-order valence-corrected chi connectivity index (χ2v) is 5.53. The first kappa shape index (κ1) is 13.4. The number of morpholine rings is 1. The van der Waals surface area contributed by atoms with Crippen molar-refractivity contribution in [3.8, 4) is 0 Å². The van der Waals surface area contributed by atoms with Crippen LogP contribution in [-0.4, -0.2) is 45.0 Å². The second kappa shape index (κ2) is 5.51. The Morgan fingerprint density at radius 2 is 2.36 bits per heavy atom. The molecule has 1 aromatic carbocycles. The van der Waals surface area contributed by atoms with E-state index in [4.69, 9.17) is 9.26 Å².